The van der Waals surface area contributed by atoms with E-state index >= 15 is 0 Å². The molecule has 1 aromatic carbocycles. The van der Waals surface area contributed by atoms with Crippen LogP contribution >= 0.6 is 0 Å². The van der Waals surface area contributed by atoms with Crippen molar-refractivity contribution >= 4 is 0 Å². The Morgan fingerprint density at radius 3 is 2.52 bits per heavy atom. The standard InChI is InChI=1S/C19H31NO/c1-14-12-16(21-5)10-11-17(14)18-9-7-6-8-15(18)13-20-19(2,3)4/h10-12,15,18,20H,6-9,13H2,1-5H3. The summed E-state index contributed by atoms with van der Waals surface area (Å²) in [5.41, 5.74) is 3.11. The molecule has 0 bridgehead atoms. The fourth-order valence-corrected chi connectivity index (χ4v) is 3.49. The molecule has 0 heterocycles. The van der Waals surface area contributed by atoms with Crippen LogP contribution in [0.3, 0.4) is 0 Å². The highest BCUT2D eigenvalue weighted by Gasteiger charge is 2.28. The molecule has 0 spiro atoms. The van der Waals surface area contributed by atoms with Gasteiger partial charge in [-0.3, -0.25) is 0 Å². The van der Waals surface area contributed by atoms with Crippen LogP contribution in [0.5, 0.6) is 5.75 Å². The lowest BCUT2D eigenvalue weighted by Gasteiger charge is -2.35. The average Bonchev–Trinajstić information content (AvgIpc) is 2.44. The molecular weight excluding hydrogens is 258 g/mol. The van der Waals surface area contributed by atoms with Crippen molar-refractivity contribution in [3.05, 3.63) is 29.3 Å². The van der Waals surface area contributed by atoms with Crippen molar-refractivity contribution in [1.29, 1.82) is 0 Å². The van der Waals surface area contributed by atoms with Crippen molar-refractivity contribution in [2.45, 2.75) is 64.8 Å². The van der Waals surface area contributed by atoms with Gasteiger partial charge in [0, 0.05) is 5.54 Å². The zero-order valence-electron chi connectivity index (χ0n) is 14.3. The molecule has 2 nitrogen and oxygen atoms in total. The van der Waals surface area contributed by atoms with Crippen LogP contribution < -0.4 is 10.1 Å². The molecule has 0 radical (unpaired) electrons. The van der Waals surface area contributed by atoms with Gasteiger partial charge in [-0.15, -0.1) is 0 Å². The minimum Gasteiger partial charge on any atom is -0.497 e. The van der Waals surface area contributed by atoms with E-state index in [2.05, 4.69) is 51.2 Å². The van der Waals surface area contributed by atoms with Gasteiger partial charge in [-0.2, -0.15) is 0 Å². The Bertz CT molecular complexity index is 461. The first-order valence-electron chi connectivity index (χ1n) is 8.30. The molecule has 0 aromatic heterocycles. The third kappa shape index (κ3) is 4.47. The van der Waals surface area contributed by atoms with E-state index in [9.17, 15) is 0 Å². The molecule has 1 aliphatic rings. The maximum Gasteiger partial charge on any atom is 0.119 e. The molecule has 2 atom stereocenters. The van der Waals surface area contributed by atoms with Crippen LogP contribution in [-0.2, 0) is 0 Å². The molecule has 1 aliphatic carbocycles. The van der Waals surface area contributed by atoms with Crippen molar-refractivity contribution < 1.29 is 4.74 Å². The lowest BCUT2D eigenvalue weighted by molar-refractivity contribution is 0.269. The van der Waals surface area contributed by atoms with E-state index in [4.69, 9.17) is 4.74 Å². The van der Waals surface area contributed by atoms with Crippen LogP contribution in [-0.4, -0.2) is 19.2 Å². The number of hydrogen-bond donors (Lipinski definition) is 1. The maximum absolute atomic E-state index is 5.34. The molecule has 1 saturated carbocycles. The van der Waals surface area contributed by atoms with Crippen LogP contribution in [0, 0.1) is 12.8 Å². The van der Waals surface area contributed by atoms with E-state index in [1.54, 1.807) is 7.11 Å². The molecule has 2 unspecified atom stereocenters. The average molecular weight is 289 g/mol. The van der Waals surface area contributed by atoms with Gasteiger partial charge in [0.2, 0.25) is 0 Å². The van der Waals surface area contributed by atoms with E-state index in [1.807, 2.05) is 0 Å². The molecule has 0 aliphatic heterocycles. The minimum absolute atomic E-state index is 0.205. The van der Waals surface area contributed by atoms with Crippen molar-refractivity contribution in [3.8, 4) is 5.75 Å². The highest BCUT2D eigenvalue weighted by molar-refractivity contribution is 5.37. The number of nitrogens with one attached hydrogen (secondary N) is 1. The lowest BCUT2D eigenvalue weighted by atomic mass is 9.74. The summed E-state index contributed by atoms with van der Waals surface area (Å²) in [6.45, 7) is 10.1. The third-order valence-electron chi connectivity index (χ3n) is 4.68. The number of methoxy groups -OCH3 is 1. The monoisotopic (exact) mass is 289 g/mol. The topological polar surface area (TPSA) is 21.3 Å². The number of aryl methyl sites for hydroxylation is 1. The number of ether oxygens (including phenoxy) is 1. The second-order valence-electron chi connectivity index (χ2n) is 7.50. The van der Waals surface area contributed by atoms with Gasteiger partial charge in [0.15, 0.2) is 0 Å². The van der Waals surface area contributed by atoms with Crippen molar-refractivity contribution in [3.63, 3.8) is 0 Å². The highest BCUT2D eigenvalue weighted by Crippen LogP contribution is 2.39. The van der Waals surface area contributed by atoms with E-state index in [0.29, 0.717) is 5.92 Å². The van der Waals surface area contributed by atoms with Gasteiger partial charge < -0.3 is 10.1 Å². The molecule has 0 saturated heterocycles. The summed E-state index contributed by atoms with van der Waals surface area (Å²) >= 11 is 0. The van der Waals surface area contributed by atoms with Crippen LogP contribution in [0.25, 0.3) is 0 Å². The van der Waals surface area contributed by atoms with Crippen LogP contribution in [0.1, 0.15) is 63.5 Å². The molecule has 0 amide bonds. The first-order valence-corrected chi connectivity index (χ1v) is 8.30. The van der Waals surface area contributed by atoms with Crippen LogP contribution in [0.15, 0.2) is 18.2 Å². The smallest absolute Gasteiger partial charge is 0.119 e. The number of rotatable bonds is 4. The Morgan fingerprint density at radius 2 is 1.90 bits per heavy atom. The Labute approximate surface area is 130 Å². The first-order chi connectivity index (χ1) is 9.90. The lowest BCUT2D eigenvalue weighted by Crippen LogP contribution is -2.41. The maximum atomic E-state index is 5.34. The molecule has 118 valence electrons. The van der Waals surface area contributed by atoms with Crippen molar-refractivity contribution in [2.75, 3.05) is 13.7 Å². The molecule has 2 rings (SSSR count). The summed E-state index contributed by atoms with van der Waals surface area (Å²) in [6, 6.07) is 6.58. The molecule has 2 heteroatoms. The van der Waals surface area contributed by atoms with E-state index in [0.717, 1.165) is 18.2 Å². The Kier molecular flexibility index (Phi) is 5.32. The first kappa shape index (κ1) is 16.4. The second kappa shape index (κ2) is 6.83. The van der Waals surface area contributed by atoms with Gasteiger partial charge in [-0.1, -0.05) is 18.9 Å². The summed E-state index contributed by atoms with van der Waals surface area (Å²) in [5, 5.41) is 3.71. The highest BCUT2D eigenvalue weighted by atomic mass is 16.5. The van der Waals surface area contributed by atoms with E-state index in [-0.39, 0.29) is 5.54 Å². The second-order valence-corrected chi connectivity index (χ2v) is 7.50. The summed E-state index contributed by atoms with van der Waals surface area (Å²) in [4.78, 5) is 0. The Hall–Kier alpha value is -1.02. The zero-order valence-corrected chi connectivity index (χ0v) is 14.3. The molecule has 1 N–H and O–H groups in total. The predicted octanol–water partition coefficient (Wildman–Crippen LogP) is 4.67. The van der Waals surface area contributed by atoms with Gasteiger partial charge in [0.05, 0.1) is 7.11 Å². The Morgan fingerprint density at radius 1 is 1.19 bits per heavy atom. The van der Waals surface area contributed by atoms with Crippen LogP contribution in [0.2, 0.25) is 0 Å². The normalized spacial score (nSPS) is 23.1. The van der Waals surface area contributed by atoms with E-state index < -0.39 is 0 Å². The third-order valence-corrected chi connectivity index (χ3v) is 4.68. The van der Waals surface area contributed by atoms with Crippen molar-refractivity contribution in [2.24, 2.45) is 5.92 Å². The fourth-order valence-electron chi connectivity index (χ4n) is 3.49. The Balaban J connectivity index is 2.14. The van der Waals surface area contributed by atoms with Gasteiger partial charge in [0.25, 0.3) is 0 Å². The van der Waals surface area contributed by atoms with Crippen LogP contribution in [0.4, 0.5) is 0 Å². The zero-order chi connectivity index (χ0) is 15.5. The molecule has 1 fully saturated rings. The molecule has 1 aromatic rings. The fraction of sp³-hybridized carbons (Fsp3) is 0.684. The van der Waals surface area contributed by atoms with Crippen molar-refractivity contribution in [1.82, 2.24) is 5.32 Å². The summed E-state index contributed by atoms with van der Waals surface area (Å²) in [7, 11) is 1.74. The summed E-state index contributed by atoms with van der Waals surface area (Å²) in [6.07, 6.45) is 5.41. The van der Waals surface area contributed by atoms with Gasteiger partial charge in [-0.25, -0.2) is 0 Å². The summed E-state index contributed by atoms with van der Waals surface area (Å²) in [5.74, 6) is 2.42. The largest absolute Gasteiger partial charge is 0.497 e. The number of hydrogen-bond acceptors (Lipinski definition) is 2. The van der Waals surface area contributed by atoms with Gasteiger partial charge in [-0.05, 0) is 82.2 Å². The SMILES string of the molecule is COc1ccc(C2CCCCC2CNC(C)(C)C)c(C)c1. The van der Waals surface area contributed by atoms with Gasteiger partial charge in [0.1, 0.15) is 5.75 Å². The predicted molar refractivity (Wildman–Crippen MR) is 90.2 cm³/mol. The molecular formula is C19H31NO. The van der Waals surface area contributed by atoms with E-state index in [1.165, 1.54) is 36.8 Å². The summed E-state index contributed by atoms with van der Waals surface area (Å²) < 4.78 is 5.34. The molecule has 21 heavy (non-hydrogen) atoms. The minimum atomic E-state index is 0.205. The number of benzene rings is 1. The van der Waals surface area contributed by atoms with Gasteiger partial charge >= 0.3 is 0 Å². The quantitative estimate of drug-likeness (QED) is 0.870.